The first kappa shape index (κ1) is 14.7. The number of thioether (sulfide) groups is 1. The topological polar surface area (TPSA) is 46.2 Å². The van der Waals surface area contributed by atoms with Gasteiger partial charge in [0.2, 0.25) is 0 Å². The number of nitrogens with one attached hydrogen (secondary N) is 1. The van der Waals surface area contributed by atoms with Crippen molar-refractivity contribution >= 4 is 21.6 Å². The van der Waals surface area contributed by atoms with E-state index < -0.39 is 9.84 Å². The molecule has 2 aliphatic rings. The summed E-state index contributed by atoms with van der Waals surface area (Å²) in [5.41, 5.74) is 0. The van der Waals surface area contributed by atoms with E-state index in [1.807, 2.05) is 18.8 Å². The average molecular weight is 291 g/mol. The maximum absolute atomic E-state index is 11.7. The van der Waals surface area contributed by atoms with Crippen LogP contribution < -0.4 is 5.32 Å². The van der Waals surface area contributed by atoms with Crippen LogP contribution in [-0.2, 0) is 9.84 Å². The molecule has 0 aromatic rings. The molecule has 4 unspecified atom stereocenters. The Morgan fingerprint density at radius 1 is 1.22 bits per heavy atom. The molecule has 0 spiro atoms. The van der Waals surface area contributed by atoms with Gasteiger partial charge in [0, 0.05) is 12.3 Å². The lowest BCUT2D eigenvalue weighted by atomic mass is 9.78. The summed E-state index contributed by atoms with van der Waals surface area (Å²) in [4.78, 5) is 0. The maximum atomic E-state index is 11.7. The third kappa shape index (κ3) is 3.42. The zero-order chi connectivity index (χ0) is 13.2. The average Bonchev–Trinajstić information content (AvgIpc) is 2.83. The summed E-state index contributed by atoms with van der Waals surface area (Å²) < 4.78 is 23.5. The van der Waals surface area contributed by atoms with E-state index in [2.05, 4.69) is 5.32 Å². The first-order chi connectivity index (χ1) is 8.52. The molecule has 2 fully saturated rings. The molecular formula is C13H25NO2S2. The van der Waals surface area contributed by atoms with Crippen molar-refractivity contribution in [3.05, 3.63) is 0 Å². The molecule has 18 heavy (non-hydrogen) atoms. The molecule has 0 bridgehead atoms. The van der Waals surface area contributed by atoms with Crippen LogP contribution in [0.1, 0.15) is 32.1 Å². The summed E-state index contributed by atoms with van der Waals surface area (Å²) >= 11 is 2.04. The molecule has 4 atom stereocenters. The standard InChI is InChI=1S/C13H25NO2S2/c1-14-13(11-6-7-17-9-11)10-4-3-5-12(8-10)18(2,15)16/h10-14H,3-9H2,1-2H3. The number of hydrogen-bond donors (Lipinski definition) is 1. The molecule has 106 valence electrons. The fourth-order valence-electron chi connectivity index (χ4n) is 3.59. The summed E-state index contributed by atoms with van der Waals surface area (Å²) in [6.45, 7) is 0. The van der Waals surface area contributed by atoms with Crippen molar-refractivity contribution in [2.24, 2.45) is 11.8 Å². The van der Waals surface area contributed by atoms with Gasteiger partial charge in [0.15, 0.2) is 0 Å². The van der Waals surface area contributed by atoms with Gasteiger partial charge in [-0.1, -0.05) is 6.42 Å². The fourth-order valence-corrected chi connectivity index (χ4v) is 6.09. The van der Waals surface area contributed by atoms with Crippen LogP contribution in [0, 0.1) is 11.8 Å². The second kappa shape index (κ2) is 6.14. The molecule has 1 N–H and O–H groups in total. The molecule has 0 aromatic carbocycles. The van der Waals surface area contributed by atoms with Gasteiger partial charge < -0.3 is 5.32 Å². The van der Waals surface area contributed by atoms with Gasteiger partial charge in [-0.2, -0.15) is 11.8 Å². The highest BCUT2D eigenvalue weighted by molar-refractivity contribution is 7.99. The first-order valence-electron chi connectivity index (χ1n) is 6.96. The van der Waals surface area contributed by atoms with Gasteiger partial charge >= 0.3 is 0 Å². The van der Waals surface area contributed by atoms with Crippen molar-refractivity contribution in [2.75, 3.05) is 24.8 Å². The Bertz CT molecular complexity index is 363. The lowest BCUT2D eigenvalue weighted by Gasteiger charge is -2.36. The van der Waals surface area contributed by atoms with E-state index in [4.69, 9.17) is 0 Å². The molecule has 0 radical (unpaired) electrons. The third-order valence-corrected chi connectivity index (χ3v) is 7.41. The van der Waals surface area contributed by atoms with E-state index in [0.717, 1.165) is 25.2 Å². The van der Waals surface area contributed by atoms with Gasteiger partial charge in [-0.25, -0.2) is 8.42 Å². The number of hydrogen-bond acceptors (Lipinski definition) is 4. The highest BCUT2D eigenvalue weighted by Crippen LogP contribution is 2.36. The van der Waals surface area contributed by atoms with Crippen LogP contribution in [0.2, 0.25) is 0 Å². The molecule has 0 aromatic heterocycles. The predicted octanol–water partition coefficient (Wildman–Crippen LogP) is 1.93. The Morgan fingerprint density at radius 2 is 2.00 bits per heavy atom. The van der Waals surface area contributed by atoms with Gasteiger partial charge in [0.05, 0.1) is 5.25 Å². The molecule has 1 aliphatic heterocycles. The quantitative estimate of drug-likeness (QED) is 0.860. The fraction of sp³-hybridized carbons (Fsp3) is 1.00. The van der Waals surface area contributed by atoms with Crippen LogP contribution >= 0.6 is 11.8 Å². The van der Waals surface area contributed by atoms with Gasteiger partial charge in [0.25, 0.3) is 0 Å². The first-order valence-corrected chi connectivity index (χ1v) is 10.1. The predicted molar refractivity (Wildman–Crippen MR) is 78.9 cm³/mol. The Morgan fingerprint density at radius 3 is 2.56 bits per heavy atom. The van der Waals surface area contributed by atoms with Crippen molar-refractivity contribution in [1.82, 2.24) is 5.32 Å². The Kier molecular flexibility index (Phi) is 5.00. The molecule has 1 saturated carbocycles. The maximum Gasteiger partial charge on any atom is 0.150 e. The summed E-state index contributed by atoms with van der Waals surface area (Å²) in [7, 11) is -0.818. The van der Waals surface area contributed by atoms with Gasteiger partial charge in [-0.3, -0.25) is 0 Å². The molecule has 0 amide bonds. The van der Waals surface area contributed by atoms with Gasteiger partial charge in [-0.05, 0) is 56.1 Å². The van der Waals surface area contributed by atoms with Crippen LogP contribution in [0.4, 0.5) is 0 Å². The number of rotatable bonds is 4. The molecule has 1 saturated heterocycles. The van der Waals surface area contributed by atoms with E-state index in [-0.39, 0.29) is 5.25 Å². The normalized spacial score (nSPS) is 35.6. The molecule has 5 heteroatoms. The Labute approximate surface area is 115 Å². The summed E-state index contributed by atoms with van der Waals surface area (Å²) in [5.74, 6) is 3.80. The van der Waals surface area contributed by atoms with Crippen molar-refractivity contribution in [1.29, 1.82) is 0 Å². The summed E-state index contributed by atoms with van der Waals surface area (Å²) in [6, 6.07) is 0.518. The van der Waals surface area contributed by atoms with Crippen molar-refractivity contribution < 1.29 is 8.42 Å². The second-order valence-electron chi connectivity index (χ2n) is 5.82. The van der Waals surface area contributed by atoms with E-state index in [0.29, 0.717) is 12.0 Å². The molecule has 1 aliphatic carbocycles. The third-order valence-electron chi connectivity index (χ3n) is 4.59. The van der Waals surface area contributed by atoms with E-state index in [1.54, 1.807) is 0 Å². The minimum Gasteiger partial charge on any atom is -0.316 e. The SMILES string of the molecule is CNC(C1CCSC1)C1CCCC(S(C)(=O)=O)C1. The molecule has 1 heterocycles. The molecule has 3 nitrogen and oxygen atoms in total. The van der Waals surface area contributed by atoms with Gasteiger partial charge in [-0.15, -0.1) is 0 Å². The monoisotopic (exact) mass is 291 g/mol. The minimum absolute atomic E-state index is 0.0962. The highest BCUT2D eigenvalue weighted by atomic mass is 32.2. The second-order valence-corrected chi connectivity index (χ2v) is 9.29. The van der Waals surface area contributed by atoms with Crippen molar-refractivity contribution in [3.63, 3.8) is 0 Å². The van der Waals surface area contributed by atoms with Crippen LogP contribution in [0.15, 0.2) is 0 Å². The van der Waals surface area contributed by atoms with Crippen LogP contribution in [0.5, 0.6) is 0 Å². The Hall–Kier alpha value is 0.260. The van der Waals surface area contributed by atoms with Crippen molar-refractivity contribution in [3.8, 4) is 0 Å². The van der Waals surface area contributed by atoms with Crippen molar-refractivity contribution in [2.45, 2.75) is 43.4 Å². The summed E-state index contributed by atoms with van der Waals surface area (Å²) in [5, 5.41) is 3.38. The van der Waals surface area contributed by atoms with E-state index in [9.17, 15) is 8.42 Å². The van der Waals surface area contributed by atoms with Crippen LogP contribution in [0.25, 0.3) is 0 Å². The number of sulfone groups is 1. The summed E-state index contributed by atoms with van der Waals surface area (Å²) in [6.07, 6.45) is 6.69. The molecule has 2 rings (SSSR count). The molecular weight excluding hydrogens is 266 g/mol. The van der Waals surface area contributed by atoms with E-state index in [1.165, 1.54) is 30.6 Å². The smallest absolute Gasteiger partial charge is 0.150 e. The highest BCUT2D eigenvalue weighted by Gasteiger charge is 2.36. The largest absolute Gasteiger partial charge is 0.316 e. The van der Waals surface area contributed by atoms with Crippen LogP contribution in [0.3, 0.4) is 0 Å². The van der Waals surface area contributed by atoms with Crippen LogP contribution in [-0.4, -0.2) is 44.5 Å². The van der Waals surface area contributed by atoms with Gasteiger partial charge in [0.1, 0.15) is 9.84 Å². The lowest BCUT2D eigenvalue weighted by Crippen LogP contribution is -2.44. The zero-order valence-corrected chi connectivity index (χ0v) is 13.0. The van der Waals surface area contributed by atoms with E-state index >= 15 is 0 Å². The lowest BCUT2D eigenvalue weighted by molar-refractivity contribution is 0.228. The Balaban J connectivity index is 2.02. The minimum atomic E-state index is -2.86. The zero-order valence-electron chi connectivity index (χ0n) is 11.4.